The number of allylic oxidation sites excluding steroid dienone is 3. The number of amides is 1. The molecule has 7 heteroatoms. The van der Waals surface area contributed by atoms with E-state index in [-0.39, 0.29) is 24.2 Å². The molecule has 180 valence electrons. The van der Waals surface area contributed by atoms with E-state index < -0.39 is 5.92 Å². The molecule has 1 aliphatic heterocycles. The minimum absolute atomic E-state index is 0.0364. The summed E-state index contributed by atoms with van der Waals surface area (Å²) >= 11 is 0. The maximum atomic E-state index is 13.6. The van der Waals surface area contributed by atoms with E-state index in [1.165, 1.54) is 0 Å². The molecule has 35 heavy (non-hydrogen) atoms. The van der Waals surface area contributed by atoms with Gasteiger partial charge in [-0.2, -0.15) is 0 Å². The van der Waals surface area contributed by atoms with Gasteiger partial charge in [-0.1, -0.05) is 25.0 Å². The number of hydrogen-bond acceptors (Lipinski definition) is 6. The number of carbonyl (C=O) groups excluding carboxylic acids is 2. The predicted octanol–water partition coefficient (Wildman–Crippen LogP) is 4.26. The smallest absolute Gasteiger partial charge is 0.255 e. The number of ketones is 1. The number of dihydropyridines is 1. The van der Waals surface area contributed by atoms with E-state index in [9.17, 15) is 9.59 Å². The van der Waals surface area contributed by atoms with Crippen LogP contribution in [0.25, 0.3) is 0 Å². The standard InChI is InChI=1S/C28H29N3O4/c1-6-12-35-22-11-10-19(15-23(22)34-5)26-25(28(33)31-24-9-7-8-17(3)29-24)18(4)30-20-13-16(2)14-21(32)27(20)26/h1,7-11,15-16,26,30H,12-14H2,2-5H3,(H,29,31,33). The Bertz CT molecular complexity index is 1290. The van der Waals surface area contributed by atoms with E-state index in [2.05, 4.69) is 28.5 Å². The zero-order valence-electron chi connectivity index (χ0n) is 20.4. The molecule has 1 aromatic carbocycles. The molecule has 1 aliphatic carbocycles. The number of pyridine rings is 1. The second-order valence-corrected chi connectivity index (χ2v) is 8.95. The Balaban J connectivity index is 1.81. The van der Waals surface area contributed by atoms with Crippen molar-refractivity contribution in [2.24, 2.45) is 5.92 Å². The SMILES string of the molecule is C#CCOc1ccc(C2C(C(=O)Nc3cccc(C)n3)=C(C)NC3=C2C(=O)CC(C)C3)cc1OC. The van der Waals surface area contributed by atoms with Crippen LogP contribution in [0, 0.1) is 25.2 Å². The Hall–Kier alpha value is -4.05. The first kappa shape index (κ1) is 24.1. The average molecular weight is 472 g/mol. The van der Waals surface area contributed by atoms with Crippen molar-refractivity contribution in [3.63, 3.8) is 0 Å². The van der Waals surface area contributed by atoms with Crippen molar-refractivity contribution in [3.8, 4) is 23.8 Å². The van der Waals surface area contributed by atoms with Crippen LogP contribution in [0.3, 0.4) is 0 Å². The van der Waals surface area contributed by atoms with Crippen molar-refractivity contribution in [2.45, 2.75) is 39.5 Å². The van der Waals surface area contributed by atoms with Crippen molar-refractivity contribution in [3.05, 3.63) is 70.2 Å². The Labute approximate surface area is 205 Å². The fourth-order valence-electron chi connectivity index (χ4n) is 4.77. The number of benzene rings is 1. The molecule has 2 heterocycles. The number of ether oxygens (including phenoxy) is 2. The second-order valence-electron chi connectivity index (χ2n) is 8.95. The number of rotatable bonds is 6. The molecule has 2 atom stereocenters. The number of nitrogens with zero attached hydrogens (tertiary/aromatic N) is 1. The highest BCUT2D eigenvalue weighted by Crippen LogP contribution is 2.45. The third-order valence-corrected chi connectivity index (χ3v) is 6.24. The molecule has 0 saturated heterocycles. The number of aryl methyl sites for hydroxylation is 1. The van der Waals surface area contributed by atoms with Gasteiger partial charge >= 0.3 is 0 Å². The molecule has 0 fully saturated rings. The average Bonchev–Trinajstić information content (AvgIpc) is 2.81. The summed E-state index contributed by atoms with van der Waals surface area (Å²) in [5.41, 5.74) is 4.21. The van der Waals surface area contributed by atoms with E-state index in [4.69, 9.17) is 15.9 Å². The van der Waals surface area contributed by atoms with E-state index in [1.807, 2.05) is 38.1 Å². The highest BCUT2D eigenvalue weighted by Gasteiger charge is 2.40. The Morgan fingerprint density at radius 2 is 2.03 bits per heavy atom. The van der Waals surface area contributed by atoms with Crippen molar-refractivity contribution in [1.82, 2.24) is 10.3 Å². The summed E-state index contributed by atoms with van der Waals surface area (Å²) in [6.45, 7) is 5.88. The maximum absolute atomic E-state index is 13.6. The lowest BCUT2D eigenvalue weighted by Crippen LogP contribution is -2.37. The van der Waals surface area contributed by atoms with Crippen LogP contribution in [0.15, 0.2) is 58.9 Å². The quantitative estimate of drug-likeness (QED) is 0.612. The van der Waals surface area contributed by atoms with Crippen LogP contribution in [0.1, 0.15) is 43.9 Å². The van der Waals surface area contributed by atoms with Gasteiger partial charge in [0.1, 0.15) is 12.4 Å². The number of anilines is 1. The van der Waals surface area contributed by atoms with E-state index in [0.717, 1.165) is 23.4 Å². The summed E-state index contributed by atoms with van der Waals surface area (Å²) in [6, 6.07) is 10.9. The number of hydrogen-bond donors (Lipinski definition) is 2. The van der Waals surface area contributed by atoms with E-state index >= 15 is 0 Å². The lowest BCUT2D eigenvalue weighted by atomic mass is 9.73. The minimum Gasteiger partial charge on any atom is -0.493 e. The Kier molecular flexibility index (Phi) is 6.92. The van der Waals surface area contributed by atoms with Gasteiger partial charge in [0, 0.05) is 40.6 Å². The zero-order valence-corrected chi connectivity index (χ0v) is 20.4. The third kappa shape index (κ3) is 4.92. The van der Waals surface area contributed by atoms with Gasteiger partial charge in [-0.15, -0.1) is 6.42 Å². The normalized spacial score (nSPS) is 19.5. The molecule has 4 rings (SSSR count). The van der Waals surface area contributed by atoms with Gasteiger partial charge in [-0.05, 0) is 56.0 Å². The lowest BCUT2D eigenvalue weighted by molar-refractivity contribution is -0.117. The topological polar surface area (TPSA) is 89.5 Å². The van der Waals surface area contributed by atoms with Crippen molar-refractivity contribution in [2.75, 3.05) is 19.0 Å². The molecule has 1 amide bonds. The van der Waals surface area contributed by atoms with Crippen molar-refractivity contribution >= 4 is 17.5 Å². The lowest BCUT2D eigenvalue weighted by Gasteiger charge is -2.36. The van der Waals surface area contributed by atoms with Crippen molar-refractivity contribution < 1.29 is 19.1 Å². The zero-order chi connectivity index (χ0) is 25.1. The fourth-order valence-corrected chi connectivity index (χ4v) is 4.77. The molecular weight excluding hydrogens is 442 g/mol. The first-order chi connectivity index (χ1) is 16.8. The van der Waals surface area contributed by atoms with Crippen LogP contribution in [-0.4, -0.2) is 30.4 Å². The van der Waals surface area contributed by atoms with Crippen LogP contribution in [0.2, 0.25) is 0 Å². The fraction of sp³-hybridized carbons (Fsp3) is 0.321. The summed E-state index contributed by atoms with van der Waals surface area (Å²) in [5, 5.41) is 6.26. The molecule has 0 spiro atoms. The van der Waals surface area contributed by atoms with Gasteiger partial charge in [0.05, 0.1) is 7.11 Å². The molecule has 0 saturated carbocycles. The second kappa shape index (κ2) is 10.1. The molecular formula is C28H29N3O4. The van der Waals surface area contributed by atoms with Gasteiger partial charge in [-0.25, -0.2) is 4.98 Å². The molecule has 2 aromatic rings. The van der Waals surface area contributed by atoms with Crippen molar-refractivity contribution in [1.29, 1.82) is 0 Å². The van der Waals surface area contributed by atoms with Gasteiger partial charge in [0.2, 0.25) is 0 Å². The van der Waals surface area contributed by atoms with Gasteiger partial charge in [0.25, 0.3) is 5.91 Å². The number of terminal acetylenes is 1. The summed E-state index contributed by atoms with van der Waals surface area (Å²) in [7, 11) is 1.54. The highest BCUT2D eigenvalue weighted by molar-refractivity contribution is 6.09. The number of aromatic nitrogens is 1. The summed E-state index contributed by atoms with van der Waals surface area (Å²) in [5.74, 6) is 3.25. The Morgan fingerprint density at radius 3 is 2.74 bits per heavy atom. The summed E-state index contributed by atoms with van der Waals surface area (Å²) in [6.07, 6.45) is 6.51. The van der Waals surface area contributed by atoms with Crippen LogP contribution < -0.4 is 20.1 Å². The van der Waals surface area contributed by atoms with E-state index in [0.29, 0.717) is 40.6 Å². The van der Waals surface area contributed by atoms with Crippen LogP contribution >= 0.6 is 0 Å². The number of carbonyl (C=O) groups is 2. The van der Waals surface area contributed by atoms with Crippen LogP contribution in [-0.2, 0) is 9.59 Å². The highest BCUT2D eigenvalue weighted by atomic mass is 16.5. The molecule has 7 nitrogen and oxygen atoms in total. The largest absolute Gasteiger partial charge is 0.493 e. The molecule has 0 bridgehead atoms. The molecule has 2 unspecified atom stereocenters. The van der Waals surface area contributed by atoms with Crippen LogP contribution in [0.5, 0.6) is 11.5 Å². The molecule has 2 N–H and O–H groups in total. The summed E-state index contributed by atoms with van der Waals surface area (Å²) < 4.78 is 11.1. The Morgan fingerprint density at radius 1 is 1.23 bits per heavy atom. The number of Topliss-reactive ketones (excluding diaryl/α,β-unsaturated/α-hetero) is 1. The van der Waals surface area contributed by atoms with E-state index in [1.54, 1.807) is 19.2 Å². The monoisotopic (exact) mass is 471 g/mol. The first-order valence-electron chi connectivity index (χ1n) is 11.6. The van der Waals surface area contributed by atoms with Gasteiger partial charge in [0.15, 0.2) is 17.3 Å². The molecule has 2 aliphatic rings. The minimum atomic E-state index is -0.563. The maximum Gasteiger partial charge on any atom is 0.255 e. The van der Waals surface area contributed by atoms with Gasteiger partial charge < -0.3 is 20.1 Å². The van der Waals surface area contributed by atoms with Crippen LogP contribution in [0.4, 0.5) is 5.82 Å². The molecule has 1 aromatic heterocycles. The summed E-state index contributed by atoms with van der Waals surface area (Å²) in [4.78, 5) is 31.3. The first-order valence-corrected chi connectivity index (χ1v) is 11.6. The van der Waals surface area contributed by atoms with Gasteiger partial charge in [-0.3, -0.25) is 9.59 Å². The number of methoxy groups -OCH3 is 1. The predicted molar refractivity (Wildman–Crippen MR) is 134 cm³/mol. The number of nitrogens with one attached hydrogen (secondary N) is 2. The molecule has 0 radical (unpaired) electrons. The third-order valence-electron chi connectivity index (χ3n) is 6.24.